The number of rotatable bonds is 6. The van der Waals surface area contributed by atoms with Crippen LogP contribution in [-0.2, 0) is 14.1 Å². The van der Waals surface area contributed by atoms with Crippen LogP contribution in [0.2, 0.25) is 0 Å². The lowest BCUT2D eigenvalue weighted by Gasteiger charge is -2.21. The summed E-state index contributed by atoms with van der Waals surface area (Å²) in [6.45, 7) is 9.17. The molecule has 1 aliphatic rings. The molecule has 5 rings (SSSR count). The van der Waals surface area contributed by atoms with Crippen molar-refractivity contribution < 1.29 is 0 Å². The molecule has 12 heteroatoms. The number of hydrogen-bond acceptors (Lipinski definition) is 9. The van der Waals surface area contributed by atoms with Gasteiger partial charge in [0.25, 0.3) is 5.56 Å². The first-order chi connectivity index (χ1) is 17.3. The topological polar surface area (TPSA) is 129 Å². The first-order valence-corrected chi connectivity index (χ1v) is 11.8. The van der Waals surface area contributed by atoms with E-state index in [0.29, 0.717) is 40.1 Å². The summed E-state index contributed by atoms with van der Waals surface area (Å²) in [6, 6.07) is 1.81. The molecule has 4 aromatic rings. The fraction of sp³-hybridized carbons (Fsp3) is 0.375. The maximum atomic E-state index is 12.8. The van der Waals surface area contributed by atoms with Crippen LogP contribution in [0, 0.1) is 0 Å². The van der Waals surface area contributed by atoms with Crippen molar-refractivity contribution in [2.45, 2.75) is 38.8 Å². The normalized spacial score (nSPS) is 16.4. The summed E-state index contributed by atoms with van der Waals surface area (Å²) in [4.78, 5) is 49.5. The summed E-state index contributed by atoms with van der Waals surface area (Å²) in [5.41, 5.74) is 1.09. The van der Waals surface area contributed by atoms with Crippen LogP contribution < -0.4 is 21.5 Å². The van der Waals surface area contributed by atoms with Crippen molar-refractivity contribution in [3.8, 4) is 11.4 Å². The van der Waals surface area contributed by atoms with E-state index in [-0.39, 0.29) is 6.04 Å². The van der Waals surface area contributed by atoms with Crippen LogP contribution in [0.4, 0.5) is 11.8 Å². The van der Waals surface area contributed by atoms with Crippen molar-refractivity contribution in [3.63, 3.8) is 0 Å². The van der Waals surface area contributed by atoms with E-state index in [1.807, 2.05) is 6.92 Å². The number of fused-ring (bicyclic) bond motifs is 1. The lowest BCUT2D eigenvalue weighted by atomic mass is 10.2. The Kier molecular flexibility index (Phi) is 5.86. The first kappa shape index (κ1) is 23.4. The lowest BCUT2D eigenvalue weighted by Crippen LogP contribution is -2.37. The first-order valence-electron chi connectivity index (χ1n) is 11.8. The highest BCUT2D eigenvalue weighted by Crippen LogP contribution is 2.24. The minimum Gasteiger partial charge on any atom is -0.342 e. The SMILES string of the molecule is C=C(Nc1ccnc(-c2cnc(N3CCC[C@@H]3C)nc2)n1)C(C)n1cnc2c1c(=O)n(C)c(=O)n2C. The highest BCUT2D eigenvalue weighted by molar-refractivity contribution is 5.70. The minimum atomic E-state index is -0.428. The molecule has 12 nitrogen and oxygen atoms in total. The molecule has 0 radical (unpaired) electrons. The average Bonchev–Trinajstić information content (AvgIpc) is 3.52. The van der Waals surface area contributed by atoms with Crippen LogP contribution in [0.1, 0.15) is 32.7 Å². The number of aryl methyl sites for hydroxylation is 1. The summed E-state index contributed by atoms with van der Waals surface area (Å²) >= 11 is 0. The zero-order valence-electron chi connectivity index (χ0n) is 20.7. The molecule has 0 spiro atoms. The monoisotopic (exact) mass is 488 g/mol. The average molecular weight is 489 g/mol. The van der Waals surface area contributed by atoms with Gasteiger partial charge in [0.1, 0.15) is 5.82 Å². The number of nitrogens with zero attached hydrogens (tertiary/aromatic N) is 9. The molecule has 1 aliphatic heterocycles. The van der Waals surface area contributed by atoms with Crippen LogP contribution in [-0.4, -0.2) is 51.2 Å². The Morgan fingerprint density at radius 2 is 1.89 bits per heavy atom. The summed E-state index contributed by atoms with van der Waals surface area (Å²) in [5, 5.41) is 3.21. The van der Waals surface area contributed by atoms with E-state index < -0.39 is 11.2 Å². The Labute approximate surface area is 207 Å². The largest absolute Gasteiger partial charge is 0.342 e. The van der Waals surface area contributed by atoms with Crippen LogP contribution in [0.15, 0.2) is 52.8 Å². The third-order valence-corrected chi connectivity index (χ3v) is 6.75. The van der Waals surface area contributed by atoms with Gasteiger partial charge in [-0.15, -0.1) is 0 Å². The van der Waals surface area contributed by atoms with Gasteiger partial charge in [-0.2, -0.15) is 0 Å². The lowest BCUT2D eigenvalue weighted by molar-refractivity contribution is 0.638. The predicted octanol–water partition coefficient (Wildman–Crippen LogP) is 1.86. The van der Waals surface area contributed by atoms with Crippen molar-refractivity contribution >= 4 is 22.9 Å². The molecule has 1 N–H and O–H groups in total. The summed E-state index contributed by atoms with van der Waals surface area (Å²) in [6.07, 6.45) is 8.95. The Bertz CT molecular complexity index is 1570. The molecule has 1 unspecified atom stereocenters. The maximum Gasteiger partial charge on any atom is 0.332 e. The fourth-order valence-electron chi connectivity index (χ4n) is 4.48. The second-order valence-electron chi connectivity index (χ2n) is 9.08. The molecule has 0 amide bonds. The van der Waals surface area contributed by atoms with Crippen LogP contribution in [0.5, 0.6) is 0 Å². The van der Waals surface area contributed by atoms with E-state index in [9.17, 15) is 9.59 Å². The number of imidazole rings is 1. The molecule has 1 fully saturated rings. The Morgan fingerprint density at radius 1 is 1.14 bits per heavy atom. The van der Waals surface area contributed by atoms with Gasteiger partial charge in [0.15, 0.2) is 17.0 Å². The van der Waals surface area contributed by atoms with Gasteiger partial charge in [-0.1, -0.05) is 6.58 Å². The molecule has 4 aromatic heterocycles. The van der Waals surface area contributed by atoms with Gasteiger partial charge in [0, 0.05) is 51.0 Å². The van der Waals surface area contributed by atoms with E-state index in [1.54, 1.807) is 36.3 Å². The van der Waals surface area contributed by atoms with Gasteiger partial charge in [0.05, 0.1) is 17.9 Å². The Balaban J connectivity index is 1.37. The number of allylic oxidation sites excluding steroid dienone is 1. The molecule has 1 saturated heterocycles. The highest BCUT2D eigenvalue weighted by Gasteiger charge is 2.23. The van der Waals surface area contributed by atoms with Crippen LogP contribution >= 0.6 is 0 Å². The molecule has 2 atom stereocenters. The summed E-state index contributed by atoms with van der Waals surface area (Å²) in [7, 11) is 3.03. The van der Waals surface area contributed by atoms with Gasteiger partial charge >= 0.3 is 5.69 Å². The standard InChI is InChI=1S/C24H28N10O2/c1-14-7-6-10-33(14)23-26-11-17(12-27-23)20-25-9-8-18(30-20)29-15(2)16(3)34-13-28-21-19(34)22(35)32(5)24(36)31(21)4/h8-9,11-14,16H,2,6-7,10H2,1,3-5H3,(H,25,29,30)/t14-,16?/m0/s1. The van der Waals surface area contributed by atoms with E-state index >= 15 is 0 Å². The van der Waals surface area contributed by atoms with Gasteiger partial charge in [0.2, 0.25) is 5.95 Å². The van der Waals surface area contributed by atoms with E-state index in [2.05, 4.69) is 48.6 Å². The molecule has 0 bridgehead atoms. The Hall–Kier alpha value is -4.35. The van der Waals surface area contributed by atoms with Crippen LogP contribution in [0.25, 0.3) is 22.6 Å². The third kappa shape index (κ3) is 3.93. The molecule has 0 aliphatic carbocycles. The van der Waals surface area contributed by atoms with E-state index in [4.69, 9.17) is 0 Å². The maximum absolute atomic E-state index is 12.8. The second-order valence-corrected chi connectivity index (χ2v) is 9.08. The van der Waals surface area contributed by atoms with Gasteiger partial charge in [-0.3, -0.25) is 13.9 Å². The third-order valence-electron chi connectivity index (χ3n) is 6.75. The molecular weight excluding hydrogens is 460 g/mol. The fourth-order valence-corrected chi connectivity index (χ4v) is 4.48. The smallest absolute Gasteiger partial charge is 0.332 e. The van der Waals surface area contributed by atoms with Crippen molar-refractivity contribution in [3.05, 3.63) is 64.1 Å². The summed E-state index contributed by atoms with van der Waals surface area (Å²) < 4.78 is 4.11. The Morgan fingerprint density at radius 3 is 2.58 bits per heavy atom. The number of hydrogen-bond donors (Lipinski definition) is 1. The van der Waals surface area contributed by atoms with Crippen molar-refractivity contribution in [1.82, 2.24) is 38.6 Å². The number of anilines is 2. The van der Waals surface area contributed by atoms with Gasteiger partial charge in [-0.05, 0) is 32.8 Å². The van der Waals surface area contributed by atoms with Crippen molar-refractivity contribution in [2.24, 2.45) is 14.1 Å². The van der Waals surface area contributed by atoms with Crippen molar-refractivity contribution in [1.29, 1.82) is 0 Å². The molecule has 0 aromatic carbocycles. The molecule has 186 valence electrons. The van der Waals surface area contributed by atoms with Crippen molar-refractivity contribution in [2.75, 3.05) is 16.8 Å². The minimum absolute atomic E-state index is 0.318. The molecule has 0 saturated carbocycles. The van der Waals surface area contributed by atoms with Crippen LogP contribution in [0.3, 0.4) is 0 Å². The number of aromatic nitrogens is 8. The molecule has 5 heterocycles. The number of nitrogens with one attached hydrogen (secondary N) is 1. The highest BCUT2D eigenvalue weighted by atomic mass is 16.2. The quantitative estimate of drug-likeness (QED) is 0.432. The predicted molar refractivity (Wildman–Crippen MR) is 137 cm³/mol. The van der Waals surface area contributed by atoms with E-state index in [0.717, 1.165) is 29.9 Å². The van der Waals surface area contributed by atoms with Gasteiger partial charge < -0.3 is 14.8 Å². The second kappa shape index (κ2) is 9.02. The summed E-state index contributed by atoms with van der Waals surface area (Å²) in [5.74, 6) is 1.74. The molecular formula is C24H28N10O2. The molecule has 36 heavy (non-hydrogen) atoms. The van der Waals surface area contributed by atoms with E-state index in [1.165, 1.54) is 17.9 Å². The van der Waals surface area contributed by atoms with Gasteiger partial charge in [-0.25, -0.2) is 29.7 Å². The zero-order valence-corrected chi connectivity index (χ0v) is 20.7. The zero-order chi connectivity index (χ0) is 25.6.